The van der Waals surface area contributed by atoms with Crippen LogP contribution < -0.4 is 10.6 Å². The molecule has 2 N–H and O–H groups in total. The summed E-state index contributed by atoms with van der Waals surface area (Å²) in [5.74, 6) is 0.412. The Morgan fingerprint density at radius 1 is 1.35 bits per heavy atom. The highest BCUT2D eigenvalue weighted by molar-refractivity contribution is 6.18. The van der Waals surface area contributed by atoms with Crippen LogP contribution in [0.2, 0.25) is 0 Å². The van der Waals surface area contributed by atoms with Gasteiger partial charge in [-0.2, -0.15) is 0 Å². The highest BCUT2D eigenvalue weighted by Gasteiger charge is 2.13. The predicted molar refractivity (Wildman–Crippen MR) is 72.9 cm³/mol. The molecule has 4 heteroatoms. The Kier molecular flexibility index (Phi) is 4.82. The number of amides is 2. The molecule has 0 unspecified atom stereocenters. The van der Waals surface area contributed by atoms with Gasteiger partial charge in [-0.05, 0) is 23.1 Å². The fourth-order valence-corrected chi connectivity index (χ4v) is 1.49. The standard InChI is InChI=1S/C13H19ClN2O/c1-13(2,3)10-5-4-6-11(9-10)16-12(17)15-8-7-14/h4-6,9H,7-8H2,1-3H3,(H2,15,16,17). The molecule has 0 bridgehead atoms. The summed E-state index contributed by atoms with van der Waals surface area (Å²) in [6.07, 6.45) is 0. The zero-order chi connectivity index (χ0) is 12.9. The number of hydrogen-bond donors (Lipinski definition) is 2. The number of urea groups is 1. The molecular formula is C13H19ClN2O. The Balaban J connectivity index is 2.69. The van der Waals surface area contributed by atoms with Crippen LogP contribution in [0.5, 0.6) is 0 Å². The van der Waals surface area contributed by atoms with Crippen molar-refractivity contribution in [3.8, 4) is 0 Å². The number of nitrogens with one attached hydrogen (secondary N) is 2. The molecule has 0 spiro atoms. The molecule has 0 saturated heterocycles. The van der Waals surface area contributed by atoms with Gasteiger partial charge in [0.1, 0.15) is 0 Å². The summed E-state index contributed by atoms with van der Waals surface area (Å²) in [6.45, 7) is 6.88. The molecule has 0 saturated carbocycles. The third kappa shape index (κ3) is 4.65. The first-order valence-corrected chi connectivity index (χ1v) is 6.18. The Hall–Kier alpha value is -1.22. The molecular weight excluding hydrogens is 236 g/mol. The smallest absolute Gasteiger partial charge is 0.319 e. The molecule has 0 aliphatic carbocycles. The Bertz CT molecular complexity index is 385. The van der Waals surface area contributed by atoms with Crippen LogP contribution in [0.4, 0.5) is 10.5 Å². The highest BCUT2D eigenvalue weighted by atomic mass is 35.5. The molecule has 0 atom stereocenters. The maximum Gasteiger partial charge on any atom is 0.319 e. The van der Waals surface area contributed by atoms with Gasteiger partial charge in [0.2, 0.25) is 0 Å². The average Bonchev–Trinajstić information content (AvgIpc) is 2.25. The van der Waals surface area contributed by atoms with Gasteiger partial charge in [-0.25, -0.2) is 4.79 Å². The molecule has 0 heterocycles. The van der Waals surface area contributed by atoms with Crippen LogP contribution in [0.15, 0.2) is 24.3 Å². The zero-order valence-corrected chi connectivity index (χ0v) is 11.3. The minimum absolute atomic E-state index is 0.0737. The summed E-state index contributed by atoms with van der Waals surface area (Å²) in [4.78, 5) is 11.5. The quantitative estimate of drug-likeness (QED) is 0.798. The number of anilines is 1. The van der Waals surface area contributed by atoms with Gasteiger partial charge in [0.15, 0.2) is 0 Å². The summed E-state index contributed by atoms with van der Waals surface area (Å²) < 4.78 is 0. The summed E-state index contributed by atoms with van der Waals surface area (Å²) >= 11 is 5.49. The van der Waals surface area contributed by atoms with Crippen molar-refractivity contribution in [2.24, 2.45) is 0 Å². The molecule has 3 nitrogen and oxygen atoms in total. The number of hydrogen-bond acceptors (Lipinski definition) is 1. The molecule has 17 heavy (non-hydrogen) atoms. The van der Waals surface area contributed by atoms with Crippen LogP contribution in [0.3, 0.4) is 0 Å². The van der Waals surface area contributed by atoms with Crippen molar-refractivity contribution in [2.45, 2.75) is 26.2 Å². The van der Waals surface area contributed by atoms with E-state index in [-0.39, 0.29) is 11.4 Å². The fraction of sp³-hybridized carbons (Fsp3) is 0.462. The van der Waals surface area contributed by atoms with E-state index in [4.69, 9.17) is 11.6 Å². The van der Waals surface area contributed by atoms with Crippen molar-refractivity contribution < 1.29 is 4.79 Å². The van der Waals surface area contributed by atoms with Gasteiger partial charge in [-0.15, -0.1) is 11.6 Å². The van der Waals surface area contributed by atoms with Gasteiger partial charge in [0.25, 0.3) is 0 Å². The predicted octanol–water partition coefficient (Wildman–Crippen LogP) is 3.34. The number of benzene rings is 1. The van der Waals surface area contributed by atoms with Crippen molar-refractivity contribution in [1.82, 2.24) is 5.32 Å². The van der Waals surface area contributed by atoms with E-state index >= 15 is 0 Å². The largest absolute Gasteiger partial charge is 0.337 e. The minimum atomic E-state index is -0.225. The molecule has 94 valence electrons. The summed E-state index contributed by atoms with van der Waals surface area (Å²) in [6, 6.07) is 7.63. The van der Waals surface area contributed by atoms with Gasteiger partial charge in [-0.1, -0.05) is 32.9 Å². The minimum Gasteiger partial charge on any atom is -0.337 e. The number of halogens is 1. The number of carbonyl (C=O) groups excluding carboxylic acids is 1. The van der Waals surface area contributed by atoms with Gasteiger partial charge < -0.3 is 10.6 Å². The van der Waals surface area contributed by atoms with Crippen LogP contribution in [-0.4, -0.2) is 18.5 Å². The first-order valence-electron chi connectivity index (χ1n) is 5.65. The maximum absolute atomic E-state index is 11.5. The van der Waals surface area contributed by atoms with Crippen molar-refractivity contribution in [3.05, 3.63) is 29.8 Å². The Morgan fingerprint density at radius 3 is 2.65 bits per heavy atom. The van der Waals surface area contributed by atoms with Crippen LogP contribution in [0.1, 0.15) is 26.3 Å². The maximum atomic E-state index is 11.5. The van der Waals surface area contributed by atoms with Crippen LogP contribution >= 0.6 is 11.6 Å². The SMILES string of the molecule is CC(C)(C)c1cccc(NC(=O)NCCCl)c1. The van der Waals surface area contributed by atoms with Gasteiger partial charge in [0, 0.05) is 18.1 Å². The van der Waals surface area contributed by atoms with Crippen molar-refractivity contribution in [1.29, 1.82) is 0 Å². The van der Waals surface area contributed by atoms with Crippen molar-refractivity contribution in [2.75, 3.05) is 17.7 Å². The highest BCUT2D eigenvalue weighted by Crippen LogP contribution is 2.24. The van der Waals surface area contributed by atoms with Crippen molar-refractivity contribution in [3.63, 3.8) is 0 Å². The number of carbonyl (C=O) groups is 1. The van der Waals surface area contributed by atoms with E-state index in [1.165, 1.54) is 5.56 Å². The van der Waals surface area contributed by atoms with E-state index < -0.39 is 0 Å². The van der Waals surface area contributed by atoms with E-state index in [9.17, 15) is 4.79 Å². The average molecular weight is 255 g/mol. The molecule has 0 fully saturated rings. The third-order valence-electron chi connectivity index (χ3n) is 2.37. The van der Waals surface area contributed by atoms with Crippen molar-refractivity contribution >= 4 is 23.3 Å². The van der Waals surface area contributed by atoms with Gasteiger partial charge in [0.05, 0.1) is 0 Å². The van der Waals surface area contributed by atoms with Crippen LogP contribution in [0.25, 0.3) is 0 Å². The lowest BCUT2D eigenvalue weighted by Gasteiger charge is -2.19. The zero-order valence-electron chi connectivity index (χ0n) is 10.5. The second-order valence-corrected chi connectivity index (χ2v) is 5.28. The van der Waals surface area contributed by atoms with E-state index in [0.29, 0.717) is 12.4 Å². The molecule has 1 aromatic carbocycles. The number of rotatable bonds is 3. The summed E-state index contributed by atoms with van der Waals surface area (Å²) in [5.41, 5.74) is 2.06. The molecule has 1 aromatic rings. The molecule has 0 aliphatic heterocycles. The van der Waals surface area contributed by atoms with E-state index in [0.717, 1.165) is 5.69 Å². The first-order chi connectivity index (χ1) is 7.93. The van der Waals surface area contributed by atoms with Crippen LogP contribution in [0, 0.1) is 0 Å². The van der Waals surface area contributed by atoms with Gasteiger partial charge >= 0.3 is 6.03 Å². The molecule has 0 aromatic heterocycles. The lowest BCUT2D eigenvalue weighted by Crippen LogP contribution is -2.30. The number of alkyl halides is 1. The molecule has 1 rings (SSSR count). The Morgan fingerprint density at radius 2 is 2.06 bits per heavy atom. The Labute approximate surface area is 108 Å². The second-order valence-electron chi connectivity index (χ2n) is 4.90. The third-order valence-corrected chi connectivity index (χ3v) is 2.56. The molecule has 0 radical (unpaired) electrons. The first kappa shape index (κ1) is 13.8. The fourth-order valence-electron chi connectivity index (χ4n) is 1.40. The normalized spacial score (nSPS) is 11.1. The second kappa shape index (κ2) is 5.92. The topological polar surface area (TPSA) is 41.1 Å². The van der Waals surface area contributed by atoms with E-state index in [2.05, 4.69) is 37.5 Å². The lowest BCUT2D eigenvalue weighted by molar-refractivity contribution is 0.252. The molecule has 2 amide bonds. The molecule has 0 aliphatic rings. The summed E-state index contributed by atoms with van der Waals surface area (Å²) in [7, 11) is 0. The van der Waals surface area contributed by atoms with Crippen LogP contribution in [-0.2, 0) is 5.41 Å². The van der Waals surface area contributed by atoms with E-state index in [1.54, 1.807) is 0 Å². The monoisotopic (exact) mass is 254 g/mol. The summed E-state index contributed by atoms with van der Waals surface area (Å²) in [5, 5.41) is 5.44. The lowest BCUT2D eigenvalue weighted by atomic mass is 9.87. The van der Waals surface area contributed by atoms with Gasteiger partial charge in [-0.3, -0.25) is 0 Å². The van der Waals surface area contributed by atoms with E-state index in [1.807, 2.05) is 18.2 Å².